The van der Waals surface area contributed by atoms with E-state index in [2.05, 4.69) is 17.9 Å². The Morgan fingerprint density at radius 1 is 1.27 bits per heavy atom. The zero-order valence-corrected chi connectivity index (χ0v) is 16.7. The predicted octanol–water partition coefficient (Wildman–Crippen LogP) is 2.04. The van der Waals surface area contributed by atoms with Gasteiger partial charge in [-0.1, -0.05) is 29.8 Å². The van der Waals surface area contributed by atoms with Gasteiger partial charge in [0.05, 0.1) is 23.7 Å². The van der Waals surface area contributed by atoms with E-state index < -0.39 is 32.0 Å². The summed E-state index contributed by atoms with van der Waals surface area (Å²) in [6, 6.07) is 6.47. The number of methoxy groups -OCH3 is 1. The molecule has 2 unspecified atom stereocenters. The third-order valence-electron chi connectivity index (χ3n) is 3.67. The predicted molar refractivity (Wildman–Crippen MR) is 104 cm³/mol. The minimum atomic E-state index is -3.82. The molecule has 0 bridgehead atoms. The summed E-state index contributed by atoms with van der Waals surface area (Å²) in [5.74, 6) is -0.382. The average molecular weight is 400 g/mol. The normalized spacial score (nSPS) is 13.8. The molecule has 1 aromatic rings. The fraction of sp³-hybridized carbons (Fsp3) is 0.389. The molecule has 0 aliphatic rings. The first kappa shape index (κ1) is 22.3. The molecule has 0 saturated heterocycles. The van der Waals surface area contributed by atoms with E-state index >= 15 is 0 Å². The molecule has 0 spiro atoms. The molecule has 0 aromatic heterocycles. The summed E-state index contributed by atoms with van der Waals surface area (Å²) in [4.78, 5) is 11.8. The molecule has 0 radical (unpaired) electrons. The molecule has 144 valence electrons. The fourth-order valence-corrected chi connectivity index (χ4v) is 4.99. The largest absolute Gasteiger partial charge is 0.469 e. The van der Waals surface area contributed by atoms with Crippen molar-refractivity contribution in [2.24, 2.45) is 0 Å². The van der Waals surface area contributed by atoms with Gasteiger partial charge in [-0.15, -0.1) is 13.2 Å². The monoisotopic (exact) mass is 399 g/mol. The van der Waals surface area contributed by atoms with Gasteiger partial charge in [0.2, 0.25) is 10.0 Å². The van der Waals surface area contributed by atoms with Gasteiger partial charge in [-0.05, 0) is 19.1 Å². The molecule has 6 nitrogen and oxygen atoms in total. The lowest BCUT2D eigenvalue weighted by molar-refractivity contribution is -0.140. The molecule has 8 heteroatoms. The highest BCUT2D eigenvalue weighted by molar-refractivity contribution is 7.89. The third-order valence-corrected chi connectivity index (χ3v) is 7.14. The van der Waals surface area contributed by atoms with Crippen molar-refractivity contribution < 1.29 is 22.2 Å². The lowest BCUT2D eigenvalue weighted by Crippen LogP contribution is -2.40. The van der Waals surface area contributed by atoms with Crippen LogP contribution in [0.25, 0.3) is 0 Å². The number of hydrogen-bond acceptors (Lipinski definition) is 5. The molecule has 2 atom stereocenters. The van der Waals surface area contributed by atoms with Crippen molar-refractivity contribution in [1.82, 2.24) is 4.31 Å². The highest BCUT2D eigenvalue weighted by Gasteiger charge is 2.30. The Morgan fingerprint density at radius 2 is 1.88 bits per heavy atom. The highest BCUT2D eigenvalue weighted by Crippen LogP contribution is 2.19. The summed E-state index contributed by atoms with van der Waals surface area (Å²) >= 11 is 0. The summed E-state index contributed by atoms with van der Waals surface area (Å²) in [6.45, 7) is 8.96. The summed E-state index contributed by atoms with van der Waals surface area (Å²) in [6.07, 6.45) is 2.79. The molecule has 0 aliphatic carbocycles. The quantitative estimate of drug-likeness (QED) is 0.420. The van der Waals surface area contributed by atoms with Crippen LogP contribution in [0.15, 0.2) is 54.5 Å². The van der Waals surface area contributed by atoms with Crippen LogP contribution >= 0.6 is 0 Å². The number of hydrogen-bond donors (Lipinski definition) is 0. The van der Waals surface area contributed by atoms with E-state index in [1.54, 1.807) is 12.1 Å². The van der Waals surface area contributed by atoms with E-state index in [1.165, 1.54) is 35.7 Å². The Morgan fingerprint density at radius 3 is 2.38 bits per heavy atom. The van der Waals surface area contributed by atoms with Crippen LogP contribution in [0, 0.1) is 6.92 Å². The summed E-state index contributed by atoms with van der Waals surface area (Å²) in [5.41, 5.74) is 0.940. The number of nitrogens with zero attached hydrogens (tertiary/aromatic N) is 1. The van der Waals surface area contributed by atoms with Crippen molar-refractivity contribution in [3.63, 3.8) is 0 Å². The zero-order valence-electron chi connectivity index (χ0n) is 15.1. The minimum absolute atomic E-state index is 0.0408. The molecule has 0 amide bonds. The van der Waals surface area contributed by atoms with Crippen molar-refractivity contribution in [3.05, 3.63) is 55.1 Å². The number of benzene rings is 1. The first-order chi connectivity index (χ1) is 12.3. The second-order valence-corrected chi connectivity index (χ2v) is 9.36. The molecule has 0 heterocycles. The summed E-state index contributed by atoms with van der Waals surface area (Å²) < 4.78 is 44.1. The zero-order chi connectivity index (χ0) is 19.7. The van der Waals surface area contributed by atoms with Crippen LogP contribution in [0.1, 0.15) is 12.0 Å². The molecule has 26 heavy (non-hydrogen) atoms. The number of aryl methyl sites for hydroxylation is 1. The number of carbonyl (C=O) groups excluding carboxylic acids is 1. The Kier molecular flexibility index (Phi) is 8.91. The summed E-state index contributed by atoms with van der Waals surface area (Å²) in [5, 5.41) is -0.708. The van der Waals surface area contributed by atoms with Gasteiger partial charge < -0.3 is 4.74 Å². The Balaban J connectivity index is 3.16. The second kappa shape index (κ2) is 10.4. The minimum Gasteiger partial charge on any atom is -0.469 e. The topological polar surface area (TPSA) is 80.8 Å². The molecular formula is C18H25NO5S2. The number of esters is 1. The van der Waals surface area contributed by atoms with Crippen LogP contribution < -0.4 is 0 Å². The lowest BCUT2D eigenvalue weighted by Gasteiger charge is -2.25. The van der Waals surface area contributed by atoms with Gasteiger partial charge in [0.1, 0.15) is 0 Å². The van der Waals surface area contributed by atoms with Crippen molar-refractivity contribution in [1.29, 1.82) is 0 Å². The smallest absolute Gasteiger partial charge is 0.306 e. The molecule has 0 N–H and O–H groups in total. The van der Waals surface area contributed by atoms with Crippen molar-refractivity contribution in [2.45, 2.75) is 23.5 Å². The third kappa shape index (κ3) is 6.19. The van der Waals surface area contributed by atoms with Gasteiger partial charge in [-0.3, -0.25) is 9.00 Å². The number of carbonyl (C=O) groups is 1. The number of sulfonamides is 1. The van der Waals surface area contributed by atoms with Crippen LogP contribution in [-0.2, 0) is 30.4 Å². The first-order valence-electron chi connectivity index (χ1n) is 7.98. The molecular weight excluding hydrogens is 374 g/mol. The number of rotatable bonds is 11. The van der Waals surface area contributed by atoms with Crippen LogP contribution in [-0.4, -0.2) is 54.1 Å². The van der Waals surface area contributed by atoms with E-state index in [0.717, 1.165) is 5.56 Å². The van der Waals surface area contributed by atoms with E-state index in [0.29, 0.717) is 0 Å². The van der Waals surface area contributed by atoms with Gasteiger partial charge in [0.15, 0.2) is 0 Å². The van der Waals surface area contributed by atoms with Crippen molar-refractivity contribution in [3.8, 4) is 0 Å². The Labute approximate surface area is 158 Å². The van der Waals surface area contributed by atoms with Gasteiger partial charge >= 0.3 is 5.97 Å². The van der Waals surface area contributed by atoms with E-state index in [9.17, 15) is 17.4 Å². The molecule has 0 saturated carbocycles. The second-order valence-electron chi connectivity index (χ2n) is 5.66. The standard InChI is InChI=1S/C18H25NO5S2/c1-5-11-19(26(22,23)17-9-7-15(3)8-10-17)14-16(13-18(20)24-4)25(21)12-6-2/h5-10,16H,1-2,11-14H2,3-4H3. The molecule has 0 aliphatic heterocycles. The first-order valence-corrected chi connectivity index (χ1v) is 10.8. The van der Waals surface area contributed by atoms with Crippen LogP contribution in [0.5, 0.6) is 0 Å². The van der Waals surface area contributed by atoms with Gasteiger partial charge in [0, 0.05) is 29.6 Å². The lowest BCUT2D eigenvalue weighted by atomic mass is 10.2. The number of ether oxygens (including phenoxy) is 1. The highest BCUT2D eigenvalue weighted by atomic mass is 32.2. The van der Waals surface area contributed by atoms with Gasteiger partial charge in [-0.2, -0.15) is 4.31 Å². The van der Waals surface area contributed by atoms with Crippen LogP contribution in [0.2, 0.25) is 0 Å². The van der Waals surface area contributed by atoms with Gasteiger partial charge in [0.25, 0.3) is 0 Å². The maximum Gasteiger partial charge on any atom is 0.306 e. The van der Waals surface area contributed by atoms with E-state index in [4.69, 9.17) is 0 Å². The SMILES string of the molecule is C=CCN(CC(CC(=O)OC)S(=O)CC=C)S(=O)(=O)c1ccc(C)cc1. The molecule has 1 aromatic carbocycles. The Hall–Kier alpha value is -1.77. The van der Waals surface area contributed by atoms with Gasteiger partial charge in [-0.25, -0.2) is 8.42 Å². The maximum atomic E-state index is 12.9. The van der Waals surface area contributed by atoms with Crippen molar-refractivity contribution >= 4 is 26.8 Å². The van der Waals surface area contributed by atoms with E-state index in [-0.39, 0.29) is 30.2 Å². The van der Waals surface area contributed by atoms with Crippen LogP contribution in [0.3, 0.4) is 0 Å². The molecule has 1 rings (SSSR count). The summed E-state index contributed by atoms with van der Waals surface area (Å²) in [7, 11) is -4.04. The molecule has 0 fully saturated rings. The van der Waals surface area contributed by atoms with E-state index in [1.807, 2.05) is 6.92 Å². The maximum absolute atomic E-state index is 12.9. The van der Waals surface area contributed by atoms with Crippen molar-refractivity contribution in [2.75, 3.05) is 26.0 Å². The average Bonchev–Trinajstić information content (AvgIpc) is 2.60. The Bertz CT molecular complexity index is 756. The van der Waals surface area contributed by atoms with Crippen LogP contribution in [0.4, 0.5) is 0 Å². The fourth-order valence-electron chi connectivity index (χ4n) is 2.26.